The van der Waals surface area contributed by atoms with Crippen molar-refractivity contribution in [2.24, 2.45) is 5.92 Å². The predicted octanol–water partition coefficient (Wildman–Crippen LogP) is 2.12. The average molecular weight is 227 g/mol. The molecule has 4 rings (SSSR count). The standard InChI is InChI=1S/C14H17N3/c1-9-3-2-4-11-12(9)16-17-13(11)14-5-6-15-8-10(14)7-14/h2-4,10,15H,5-8H2,1H3,(H,16,17). The molecule has 2 heterocycles. The Hall–Kier alpha value is -1.35. The molecule has 1 aromatic heterocycles. The lowest BCUT2D eigenvalue weighted by molar-refractivity contribution is 0.439. The second kappa shape index (κ2) is 3.10. The number of H-pyrrole nitrogens is 1. The highest BCUT2D eigenvalue weighted by Gasteiger charge is 2.57. The van der Waals surface area contributed by atoms with Crippen molar-refractivity contribution in [2.45, 2.75) is 25.2 Å². The van der Waals surface area contributed by atoms with Crippen molar-refractivity contribution < 1.29 is 0 Å². The van der Waals surface area contributed by atoms with Crippen LogP contribution >= 0.6 is 0 Å². The van der Waals surface area contributed by atoms with Gasteiger partial charge in [-0.15, -0.1) is 0 Å². The van der Waals surface area contributed by atoms with Crippen molar-refractivity contribution in [1.82, 2.24) is 15.5 Å². The number of nitrogens with one attached hydrogen (secondary N) is 2. The van der Waals surface area contributed by atoms with Gasteiger partial charge in [-0.2, -0.15) is 5.10 Å². The zero-order valence-corrected chi connectivity index (χ0v) is 10.1. The number of fused-ring (bicyclic) bond motifs is 2. The molecule has 0 bridgehead atoms. The fourth-order valence-electron chi connectivity index (χ4n) is 3.53. The van der Waals surface area contributed by atoms with Crippen molar-refractivity contribution >= 4 is 10.9 Å². The lowest BCUT2D eigenvalue weighted by atomic mass is 9.90. The van der Waals surface area contributed by atoms with Crippen molar-refractivity contribution in [3.63, 3.8) is 0 Å². The van der Waals surface area contributed by atoms with E-state index in [0.29, 0.717) is 5.41 Å². The lowest BCUT2D eigenvalue weighted by Crippen LogP contribution is -2.31. The Kier molecular flexibility index (Phi) is 1.76. The first-order chi connectivity index (χ1) is 8.31. The summed E-state index contributed by atoms with van der Waals surface area (Å²) in [6.07, 6.45) is 2.58. The van der Waals surface area contributed by atoms with Gasteiger partial charge in [-0.25, -0.2) is 0 Å². The normalized spacial score (nSPS) is 31.5. The molecule has 17 heavy (non-hydrogen) atoms. The Morgan fingerprint density at radius 3 is 3.24 bits per heavy atom. The van der Waals surface area contributed by atoms with E-state index in [0.717, 1.165) is 18.0 Å². The monoisotopic (exact) mass is 227 g/mol. The first-order valence-electron chi connectivity index (χ1n) is 6.46. The first kappa shape index (κ1) is 9.66. The SMILES string of the molecule is Cc1cccc2c(C34CCNCC3C4)[nH]nc12. The minimum absolute atomic E-state index is 0.411. The van der Waals surface area contributed by atoms with Gasteiger partial charge in [0.2, 0.25) is 0 Å². The maximum absolute atomic E-state index is 4.52. The second-order valence-corrected chi connectivity index (χ2v) is 5.58. The quantitative estimate of drug-likeness (QED) is 0.783. The minimum Gasteiger partial charge on any atom is -0.316 e. The van der Waals surface area contributed by atoms with Crippen LogP contribution in [0.3, 0.4) is 0 Å². The molecule has 0 radical (unpaired) electrons. The molecule has 1 saturated heterocycles. The van der Waals surface area contributed by atoms with Gasteiger partial charge in [-0.05, 0) is 44.3 Å². The summed E-state index contributed by atoms with van der Waals surface area (Å²) in [7, 11) is 0. The molecule has 1 aliphatic carbocycles. The molecule has 3 heteroatoms. The maximum atomic E-state index is 4.52. The predicted molar refractivity (Wildman–Crippen MR) is 68.1 cm³/mol. The summed E-state index contributed by atoms with van der Waals surface area (Å²) in [5.41, 5.74) is 4.23. The molecule has 2 atom stereocenters. The van der Waals surface area contributed by atoms with E-state index >= 15 is 0 Å². The van der Waals surface area contributed by atoms with Gasteiger partial charge in [-0.3, -0.25) is 5.10 Å². The van der Waals surface area contributed by atoms with E-state index in [4.69, 9.17) is 0 Å². The summed E-state index contributed by atoms with van der Waals surface area (Å²) in [5, 5.41) is 12.7. The Balaban J connectivity index is 1.90. The number of para-hydroxylation sites is 1. The third-order valence-electron chi connectivity index (χ3n) is 4.66. The largest absolute Gasteiger partial charge is 0.316 e. The van der Waals surface area contributed by atoms with Crippen LogP contribution in [-0.2, 0) is 5.41 Å². The minimum atomic E-state index is 0.411. The Morgan fingerprint density at radius 1 is 1.41 bits per heavy atom. The molecule has 1 saturated carbocycles. The van der Waals surface area contributed by atoms with Gasteiger partial charge >= 0.3 is 0 Å². The van der Waals surface area contributed by atoms with Gasteiger partial charge in [0.1, 0.15) is 0 Å². The second-order valence-electron chi connectivity index (χ2n) is 5.58. The molecule has 2 unspecified atom stereocenters. The third kappa shape index (κ3) is 1.18. The summed E-state index contributed by atoms with van der Waals surface area (Å²) < 4.78 is 0. The van der Waals surface area contributed by atoms with E-state index in [9.17, 15) is 0 Å². The molecule has 2 N–H and O–H groups in total. The van der Waals surface area contributed by atoms with Gasteiger partial charge in [0.15, 0.2) is 0 Å². The van der Waals surface area contributed by atoms with Crippen molar-refractivity contribution in [3.8, 4) is 0 Å². The molecule has 2 aliphatic rings. The van der Waals surface area contributed by atoms with E-state index in [1.54, 1.807) is 0 Å². The summed E-state index contributed by atoms with van der Waals surface area (Å²) in [6, 6.07) is 6.50. The zero-order chi connectivity index (χ0) is 11.5. The third-order valence-corrected chi connectivity index (χ3v) is 4.66. The molecule has 1 aliphatic heterocycles. The highest BCUT2D eigenvalue weighted by Crippen LogP contribution is 2.58. The van der Waals surface area contributed by atoms with Gasteiger partial charge < -0.3 is 5.32 Å². The smallest absolute Gasteiger partial charge is 0.0953 e. The van der Waals surface area contributed by atoms with Gasteiger partial charge in [0.25, 0.3) is 0 Å². The van der Waals surface area contributed by atoms with E-state index in [1.807, 2.05) is 0 Å². The molecular formula is C14H17N3. The van der Waals surface area contributed by atoms with E-state index in [2.05, 4.69) is 40.6 Å². The molecule has 2 fully saturated rings. The molecule has 3 nitrogen and oxygen atoms in total. The Labute approximate surface area is 101 Å². The Bertz CT molecular complexity index is 586. The summed E-state index contributed by atoms with van der Waals surface area (Å²) in [6.45, 7) is 4.45. The summed E-state index contributed by atoms with van der Waals surface area (Å²) >= 11 is 0. The molecule has 0 spiro atoms. The average Bonchev–Trinajstić information content (AvgIpc) is 2.93. The van der Waals surface area contributed by atoms with Crippen LogP contribution in [0.1, 0.15) is 24.1 Å². The topological polar surface area (TPSA) is 40.7 Å². The summed E-state index contributed by atoms with van der Waals surface area (Å²) in [4.78, 5) is 0. The van der Waals surface area contributed by atoms with Crippen LogP contribution in [0.2, 0.25) is 0 Å². The van der Waals surface area contributed by atoms with Crippen LogP contribution in [-0.4, -0.2) is 23.3 Å². The van der Waals surface area contributed by atoms with Crippen LogP contribution in [0.25, 0.3) is 10.9 Å². The summed E-state index contributed by atoms with van der Waals surface area (Å²) in [5.74, 6) is 0.820. The number of piperidine rings is 1. The van der Waals surface area contributed by atoms with Crippen LogP contribution < -0.4 is 5.32 Å². The number of rotatable bonds is 1. The van der Waals surface area contributed by atoms with E-state index in [1.165, 1.54) is 36.0 Å². The molecule has 2 aromatic rings. The number of aryl methyl sites for hydroxylation is 1. The first-order valence-corrected chi connectivity index (χ1v) is 6.46. The molecular weight excluding hydrogens is 210 g/mol. The van der Waals surface area contributed by atoms with Crippen LogP contribution in [0.4, 0.5) is 0 Å². The number of hydrogen-bond donors (Lipinski definition) is 2. The van der Waals surface area contributed by atoms with Crippen molar-refractivity contribution in [3.05, 3.63) is 29.5 Å². The van der Waals surface area contributed by atoms with Crippen LogP contribution in [0.15, 0.2) is 18.2 Å². The number of nitrogens with zero attached hydrogens (tertiary/aromatic N) is 1. The van der Waals surface area contributed by atoms with Crippen molar-refractivity contribution in [1.29, 1.82) is 0 Å². The molecule has 1 aromatic carbocycles. The van der Waals surface area contributed by atoms with E-state index in [-0.39, 0.29) is 0 Å². The lowest BCUT2D eigenvalue weighted by Gasteiger charge is -2.21. The molecule has 88 valence electrons. The van der Waals surface area contributed by atoms with Crippen LogP contribution in [0, 0.1) is 12.8 Å². The molecule has 0 amide bonds. The fraction of sp³-hybridized carbons (Fsp3) is 0.500. The number of aromatic nitrogens is 2. The van der Waals surface area contributed by atoms with Gasteiger partial charge in [0, 0.05) is 16.5 Å². The number of benzene rings is 1. The van der Waals surface area contributed by atoms with Gasteiger partial charge in [-0.1, -0.05) is 18.2 Å². The maximum Gasteiger partial charge on any atom is 0.0953 e. The zero-order valence-electron chi connectivity index (χ0n) is 10.1. The number of aromatic amines is 1. The van der Waals surface area contributed by atoms with Crippen molar-refractivity contribution in [2.75, 3.05) is 13.1 Å². The van der Waals surface area contributed by atoms with Crippen LogP contribution in [0.5, 0.6) is 0 Å². The van der Waals surface area contributed by atoms with Gasteiger partial charge in [0.05, 0.1) is 5.52 Å². The fourth-order valence-corrected chi connectivity index (χ4v) is 3.53. The highest BCUT2D eigenvalue weighted by molar-refractivity contribution is 5.85. The highest BCUT2D eigenvalue weighted by atomic mass is 15.1. The van der Waals surface area contributed by atoms with E-state index < -0.39 is 0 Å². The Morgan fingerprint density at radius 2 is 2.35 bits per heavy atom. The number of hydrogen-bond acceptors (Lipinski definition) is 2.